The molecule has 2 aliphatic rings. The zero-order valence-corrected chi connectivity index (χ0v) is 22.1. The molecule has 3 heteroatoms. The predicted octanol–water partition coefficient (Wildman–Crippen LogP) is 7.39. The van der Waals surface area contributed by atoms with Crippen LogP contribution in [0.5, 0.6) is 11.5 Å². The first-order chi connectivity index (χ1) is 16.7. The number of benzene rings is 4. The van der Waals surface area contributed by atoms with Crippen molar-refractivity contribution in [2.45, 2.75) is 52.9 Å². The highest BCUT2D eigenvalue weighted by Gasteiger charge is 2.42. The molecule has 0 bridgehead atoms. The Bertz CT molecular complexity index is 1700. The van der Waals surface area contributed by atoms with Gasteiger partial charge in [-0.05, 0) is 62.7 Å². The molecule has 0 atom stereocenters. The summed E-state index contributed by atoms with van der Waals surface area (Å²) in [5.41, 5.74) is 9.68. The number of thiophene rings is 1. The van der Waals surface area contributed by atoms with Crippen molar-refractivity contribution in [1.29, 1.82) is 0 Å². The second-order valence-corrected chi connectivity index (χ2v) is 12.8. The van der Waals surface area contributed by atoms with Crippen LogP contribution >= 0.6 is 11.3 Å². The normalized spacial score (nSPS) is 13.9. The van der Waals surface area contributed by atoms with E-state index in [-0.39, 0.29) is 12.1 Å². The van der Waals surface area contributed by atoms with Gasteiger partial charge in [-0.15, -0.1) is 11.3 Å². The fraction of sp³-hybridized carbons (Fsp3) is 0.250. The molecule has 1 nitrogen and oxygen atoms in total. The summed E-state index contributed by atoms with van der Waals surface area (Å²) >= 11 is 1.97. The Balaban J connectivity index is 1.66. The van der Waals surface area contributed by atoms with Crippen LogP contribution in [0.1, 0.15) is 56.5 Å². The molecular formula is C32H29BOS. The van der Waals surface area contributed by atoms with Crippen LogP contribution in [0.2, 0.25) is 0 Å². The number of ether oxygens (including phenoxy) is 1. The van der Waals surface area contributed by atoms with Crippen molar-refractivity contribution in [3.8, 4) is 22.6 Å². The molecule has 0 aliphatic carbocycles. The lowest BCUT2D eigenvalue weighted by molar-refractivity contribution is 0.489. The topological polar surface area (TPSA) is 9.23 Å². The standard InChI is InChI=1S/C32H29BOS/c1-17(2)21-12-14-24-28-27(18(3)35-31(21)28)23-15-20(32(4,5)6)16-26-29(23)33(24)25-13-11-19-9-7-8-10-22(19)30(25)34-26/h7-17H,1-6H3. The summed E-state index contributed by atoms with van der Waals surface area (Å²) in [6.07, 6.45) is 0. The Kier molecular flexibility index (Phi) is 4.26. The van der Waals surface area contributed by atoms with Crippen LogP contribution in [0, 0.1) is 6.92 Å². The summed E-state index contributed by atoms with van der Waals surface area (Å²) in [5.74, 6) is 2.55. The van der Waals surface area contributed by atoms with E-state index in [0.717, 1.165) is 11.5 Å². The Morgan fingerprint density at radius 1 is 0.914 bits per heavy atom. The molecule has 0 spiro atoms. The third-order valence-corrected chi connectivity index (χ3v) is 9.16. The SMILES string of the molecule is Cc1sc2c(C(C)C)ccc3c2c1-c1cc(C(C)(C)C)cc2c1B3c1ccc3ccccc3c1O2. The predicted molar refractivity (Wildman–Crippen MR) is 153 cm³/mol. The maximum Gasteiger partial charge on any atom is 0.252 e. The first-order valence-corrected chi connectivity index (χ1v) is 13.5. The largest absolute Gasteiger partial charge is 0.458 e. The molecule has 0 radical (unpaired) electrons. The fourth-order valence-corrected chi connectivity index (χ4v) is 7.58. The van der Waals surface area contributed by atoms with E-state index in [2.05, 4.69) is 102 Å². The molecule has 0 N–H and O–H groups in total. The van der Waals surface area contributed by atoms with Crippen LogP contribution in [0.15, 0.2) is 60.7 Å². The number of rotatable bonds is 1. The van der Waals surface area contributed by atoms with Crippen LogP contribution in [0.3, 0.4) is 0 Å². The van der Waals surface area contributed by atoms with Gasteiger partial charge in [0.1, 0.15) is 11.5 Å². The molecule has 0 saturated carbocycles. The van der Waals surface area contributed by atoms with Crippen LogP contribution in [0.4, 0.5) is 0 Å². The van der Waals surface area contributed by atoms with Crippen molar-refractivity contribution in [3.63, 3.8) is 0 Å². The van der Waals surface area contributed by atoms with E-state index >= 15 is 0 Å². The Morgan fingerprint density at radius 2 is 1.69 bits per heavy atom. The van der Waals surface area contributed by atoms with Gasteiger partial charge in [-0.1, -0.05) is 94.7 Å². The first kappa shape index (κ1) is 21.3. The monoisotopic (exact) mass is 472 g/mol. The van der Waals surface area contributed by atoms with Crippen LogP contribution in [0.25, 0.3) is 32.0 Å². The van der Waals surface area contributed by atoms with E-state index in [4.69, 9.17) is 4.74 Å². The molecular weight excluding hydrogens is 443 g/mol. The molecule has 4 aromatic carbocycles. The van der Waals surface area contributed by atoms with Gasteiger partial charge in [0.05, 0.1) is 0 Å². The Morgan fingerprint density at radius 3 is 2.46 bits per heavy atom. The molecule has 172 valence electrons. The first-order valence-electron chi connectivity index (χ1n) is 12.7. The molecule has 5 aromatic rings. The van der Waals surface area contributed by atoms with Crippen molar-refractivity contribution >= 4 is 55.3 Å². The number of hydrogen-bond acceptors (Lipinski definition) is 2. The van der Waals surface area contributed by atoms with E-state index in [1.807, 2.05) is 11.3 Å². The molecule has 0 saturated heterocycles. The summed E-state index contributed by atoms with van der Waals surface area (Å²) in [6, 6.07) is 22.7. The van der Waals surface area contributed by atoms with Crippen LogP contribution in [-0.4, -0.2) is 6.71 Å². The maximum absolute atomic E-state index is 6.87. The number of fused-ring (bicyclic) bond motifs is 6. The number of hydrogen-bond donors (Lipinski definition) is 0. The summed E-state index contributed by atoms with van der Waals surface area (Å²) in [5, 5.41) is 3.89. The van der Waals surface area contributed by atoms with Crippen LogP contribution in [-0.2, 0) is 5.41 Å². The van der Waals surface area contributed by atoms with E-state index < -0.39 is 0 Å². The van der Waals surface area contributed by atoms with Gasteiger partial charge < -0.3 is 4.74 Å². The lowest BCUT2D eigenvalue weighted by atomic mass is 9.33. The van der Waals surface area contributed by atoms with E-state index in [0.29, 0.717) is 5.92 Å². The van der Waals surface area contributed by atoms with Crippen molar-refractivity contribution in [2.24, 2.45) is 0 Å². The molecule has 1 aromatic heterocycles. The minimum atomic E-state index is 0.0342. The van der Waals surface area contributed by atoms with Gasteiger partial charge in [-0.3, -0.25) is 0 Å². The smallest absolute Gasteiger partial charge is 0.252 e. The molecule has 7 rings (SSSR count). The number of aryl methyl sites for hydroxylation is 1. The van der Waals surface area contributed by atoms with Crippen molar-refractivity contribution in [1.82, 2.24) is 0 Å². The highest BCUT2D eigenvalue weighted by molar-refractivity contribution is 7.20. The molecule has 0 amide bonds. The van der Waals surface area contributed by atoms with E-state index in [1.54, 1.807) is 0 Å². The van der Waals surface area contributed by atoms with Crippen molar-refractivity contribution in [3.05, 3.63) is 76.7 Å². The molecule has 35 heavy (non-hydrogen) atoms. The minimum Gasteiger partial charge on any atom is -0.458 e. The van der Waals surface area contributed by atoms with Gasteiger partial charge in [0.15, 0.2) is 0 Å². The highest BCUT2D eigenvalue weighted by Crippen LogP contribution is 2.46. The molecule has 3 heterocycles. The van der Waals surface area contributed by atoms with Crippen molar-refractivity contribution in [2.75, 3.05) is 0 Å². The van der Waals surface area contributed by atoms with Crippen LogP contribution < -0.4 is 21.1 Å². The maximum atomic E-state index is 6.87. The average molecular weight is 472 g/mol. The molecule has 2 aliphatic heterocycles. The molecule has 0 fully saturated rings. The third-order valence-electron chi connectivity index (χ3n) is 8.01. The fourth-order valence-electron chi connectivity index (χ4n) is 6.22. The highest BCUT2D eigenvalue weighted by atomic mass is 32.1. The van der Waals surface area contributed by atoms with E-state index in [1.165, 1.54) is 64.4 Å². The average Bonchev–Trinajstić information content (AvgIpc) is 3.17. The van der Waals surface area contributed by atoms with E-state index in [9.17, 15) is 0 Å². The second-order valence-electron chi connectivity index (χ2n) is 11.6. The lowest BCUT2D eigenvalue weighted by Gasteiger charge is -2.35. The third kappa shape index (κ3) is 2.82. The summed E-state index contributed by atoms with van der Waals surface area (Å²) in [7, 11) is 0. The minimum absolute atomic E-state index is 0.0342. The zero-order valence-electron chi connectivity index (χ0n) is 21.2. The Labute approximate surface area is 211 Å². The van der Waals surface area contributed by atoms with Gasteiger partial charge >= 0.3 is 0 Å². The van der Waals surface area contributed by atoms with Gasteiger partial charge in [0.25, 0.3) is 6.71 Å². The molecule has 0 unspecified atom stereocenters. The Hall–Kier alpha value is -3.04. The quantitative estimate of drug-likeness (QED) is 0.227. The van der Waals surface area contributed by atoms with Gasteiger partial charge in [-0.2, -0.15) is 0 Å². The summed E-state index contributed by atoms with van der Waals surface area (Å²) in [6.45, 7) is 14.0. The summed E-state index contributed by atoms with van der Waals surface area (Å²) in [4.78, 5) is 1.41. The van der Waals surface area contributed by atoms with Gasteiger partial charge in [0, 0.05) is 20.5 Å². The van der Waals surface area contributed by atoms with Crippen molar-refractivity contribution < 1.29 is 4.74 Å². The summed E-state index contributed by atoms with van der Waals surface area (Å²) < 4.78 is 8.33. The second kappa shape index (κ2) is 7.01. The van der Waals surface area contributed by atoms with Gasteiger partial charge in [-0.25, -0.2) is 0 Å². The zero-order chi connectivity index (χ0) is 24.2. The lowest BCUT2D eigenvalue weighted by Crippen LogP contribution is -2.57. The van der Waals surface area contributed by atoms with Gasteiger partial charge in [0.2, 0.25) is 0 Å².